The number of aromatic nitrogens is 1. The number of nitrogen functional groups attached to an aromatic ring is 1. The van der Waals surface area contributed by atoms with E-state index in [4.69, 9.17) is 5.73 Å². The summed E-state index contributed by atoms with van der Waals surface area (Å²) in [5.41, 5.74) is 6.39. The van der Waals surface area contributed by atoms with Gasteiger partial charge in [-0.05, 0) is 44.1 Å². The number of amides is 1. The zero-order chi connectivity index (χ0) is 15.7. The second-order valence-electron chi connectivity index (χ2n) is 7.02. The first-order chi connectivity index (χ1) is 9.75. The van der Waals surface area contributed by atoms with Gasteiger partial charge in [-0.2, -0.15) is 0 Å². The molecule has 0 atom stereocenters. The predicted octanol–water partition coefficient (Wildman–Crippen LogP) is 2.15. The van der Waals surface area contributed by atoms with E-state index < -0.39 is 5.60 Å². The summed E-state index contributed by atoms with van der Waals surface area (Å²) in [7, 11) is 0. The molecule has 118 valence electrons. The minimum Gasteiger partial charge on any atom is -0.397 e. The third-order valence-corrected chi connectivity index (χ3v) is 4.60. The monoisotopic (exact) mass is 293 g/mol. The molecule has 21 heavy (non-hydrogen) atoms. The number of nitrogens with two attached hydrogens (primary N) is 1. The molecule has 1 fully saturated rings. The van der Waals surface area contributed by atoms with Gasteiger partial charge in [-0.1, -0.05) is 13.8 Å². The summed E-state index contributed by atoms with van der Waals surface area (Å²) < 4.78 is 1.82. The highest BCUT2D eigenvalue weighted by molar-refractivity contribution is 5.93. The molecule has 4 N–H and O–H groups in total. The quantitative estimate of drug-likeness (QED) is 0.795. The lowest BCUT2D eigenvalue weighted by molar-refractivity contribution is -0.0233. The van der Waals surface area contributed by atoms with E-state index in [1.165, 1.54) is 0 Å². The van der Waals surface area contributed by atoms with Gasteiger partial charge in [-0.25, -0.2) is 0 Å². The van der Waals surface area contributed by atoms with Crippen LogP contribution in [0, 0.1) is 5.41 Å². The van der Waals surface area contributed by atoms with Crippen molar-refractivity contribution >= 4 is 11.6 Å². The van der Waals surface area contributed by atoms with Gasteiger partial charge in [-0.15, -0.1) is 0 Å². The summed E-state index contributed by atoms with van der Waals surface area (Å²) in [6.07, 6.45) is 5.19. The lowest BCUT2D eigenvalue weighted by atomic mass is 9.71. The van der Waals surface area contributed by atoms with Crippen molar-refractivity contribution in [2.24, 2.45) is 5.41 Å². The second kappa shape index (κ2) is 5.72. The fraction of sp³-hybridized carbons (Fsp3) is 0.688. The zero-order valence-corrected chi connectivity index (χ0v) is 13.3. The third kappa shape index (κ3) is 3.79. The summed E-state index contributed by atoms with van der Waals surface area (Å²) in [6.45, 7) is 7.41. The van der Waals surface area contributed by atoms with Crippen molar-refractivity contribution in [3.63, 3.8) is 0 Å². The summed E-state index contributed by atoms with van der Waals surface area (Å²) in [5.74, 6) is -0.174. The third-order valence-electron chi connectivity index (χ3n) is 4.60. The number of hydrogen-bond acceptors (Lipinski definition) is 3. The van der Waals surface area contributed by atoms with Crippen LogP contribution in [0.3, 0.4) is 0 Å². The van der Waals surface area contributed by atoms with E-state index in [0.717, 1.165) is 25.7 Å². The van der Waals surface area contributed by atoms with E-state index in [1.807, 2.05) is 11.5 Å². The second-order valence-corrected chi connectivity index (χ2v) is 7.02. The van der Waals surface area contributed by atoms with Gasteiger partial charge in [0.25, 0.3) is 5.91 Å². The summed E-state index contributed by atoms with van der Waals surface area (Å²) in [4.78, 5) is 12.3. The molecular formula is C16H27N3O2. The topological polar surface area (TPSA) is 80.3 Å². The SMILES string of the molecule is CCn1cc(N)cc1C(=O)NCC1(O)CCC(C)(C)CC1. The molecule has 0 unspecified atom stereocenters. The number of aryl methyl sites for hydroxylation is 1. The number of aliphatic hydroxyl groups is 1. The molecule has 0 saturated heterocycles. The first kappa shape index (κ1) is 15.9. The molecular weight excluding hydrogens is 266 g/mol. The maximum atomic E-state index is 12.3. The highest BCUT2D eigenvalue weighted by Gasteiger charge is 2.36. The maximum absolute atomic E-state index is 12.3. The number of carbonyl (C=O) groups is 1. The lowest BCUT2D eigenvalue weighted by Gasteiger charge is -2.40. The number of carbonyl (C=O) groups excluding carboxylic acids is 1. The van der Waals surface area contributed by atoms with Crippen molar-refractivity contribution in [2.45, 2.75) is 58.6 Å². The molecule has 5 nitrogen and oxygen atoms in total. The van der Waals surface area contributed by atoms with Crippen LogP contribution in [0.25, 0.3) is 0 Å². The van der Waals surface area contributed by atoms with Gasteiger partial charge in [0.2, 0.25) is 0 Å². The van der Waals surface area contributed by atoms with Gasteiger partial charge >= 0.3 is 0 Å². The van der Waals surface area contributed by atoms with Gasteiger partial charge in [-0.3, -0.25) is 4.79 Å². The first-order valence-electron chi connectivity index (χ1n) is 7.71. The van der Waals surface area contributed by atoms with Gasteiger partial charge in [0.1, 0.15) is 5.69 Å². The van der Waals surface area contributed by atoms with E-state index in [-0.39, 0.29) is 5.91 Å². The molecule has 1 aliphatic carbocycles. The molecule has 5 heteroatoms. The zero-order valence-electron chi connectivity index (χ0n) is 13.3. The molecule has 1 aromatic heterocycles. The average Bonchev–Trinajstić information content (AvgIpc) is 2.81. The van der Waals surface area contributed by atoms with Crippen LogP contribution in [0.2, 0.25) is 0 Å². The molecule has 0 radical (unpaired) electrons. The van der Waals surface area contributed by atoms with E-state index in [1.54, 1.807) is 12.3 Å². The van der Waals surface area contributed by atoms with Crippen LogP contribution in [0.1, 0.15) is 56.9 Å². The Morgan fingerprint density at radius 3 is 2.57 bits per heavy atom. The smallest absolute Gasteiger partial charge is 0.268 e. The first-order valence-corrected chi connectivity index (χ1v) is 7.71. The number of nitrogens with zero attached hydrogens (tertiary/aromatic N) is 1. The molecule has 1 heterocycles. The number of rotatable bonds is 4. The van der Waals surface area contributed by atoms with Crippen LogP contribution in [0.4, 0.5) is 5.69 Å². The van der Waals surface area contributed by atoms with Crippen LogP contribution in [-0.2, 0) is 6.54 Å². The van der Waals surface area contributed by atoms with Crippen molar-refractivity contribution in [2.75, 3.05) is 12.3 Å². The normalized spacial score (nSPS) is 20.2. The number of nitrogens with one attached hydrogen (secondary N) is 1. The van der Waals surface area contributed by atoms with Crippen LogP contribution in [0.15, 0.2) is 12.3 Å². The highest BCUT2D eigenvalue weighted by atomic mass is 16.3. The van der Waals surface area contributed by atoms with Crippen LogP contribution < -0.4 is 11.1 Å². The summed E-state index contributed by atoms with van der Waals surface area (Å²) in [6, 6.07) is 1.67. The standard InChI is InChI=1S/C16H27N3O2/c1-4-19-10-12(17)9-13(19)14(20)18-11-16(21)7-5-15(2,3)6-8-16/h9-10,21H,4-8,11,17H2,1-3H3,(H,18,20). The van der Waals surface area contributed by atoms with Crippen LogP contribution >= 0.6 is 0 Å². The van der Waals surface area contributed by atoms with Crippen LogP contribution in [-0.4, -0.2) is 27.7 Å². The van der Waals surface area contributed by atoms with Crippen molar-refractivity contribution < 1.29 is 9.90 Å². The van der Waals surface area contributed by atoms with Gasteiger partial charge in [0.15, 0.2) is 0 Å². The van der Waals surface area contributed by atoms with Crippen molar-refractivity contribution in [1.29, 1.82) is 0 Å². The highest BCUT2D eigenvalue weighted by Crippen LogP contribution is 2.39. The van der Waals surface area contributed by atoms with Crippen molar-refractivity contribution in [3.8, 4) is 0 Å². The molecule has 1 aromatic rings. The summed E-state index contributed by atoms with van der Waals surface area (Å²) in [5, 5.41) is 13.4. The molecule has 2 rings (SSSR count). The van der Waals surface area contributed by atoms with E-state index in [2.05, 4.69) is 19.2 Å². The molecule has 1 saturated carbocycles. The fourth-order valence-electron chi connectivity index (χ4n) is 2.89. The Labute approximate surface area is 126 Å². The number of anilines is 1. The van der Waals surface area contributed by atoms with Crippen LogP contribution in [0.5, 0.6) is 0 Å². The largest absolute Gasteiger partial charge is 0.397 e. The van der Waals surface area contributed by atoms with E-state index in [9.17, 15) is 9.90 Å². The molecule has 0 spiro atoms. The lowest BCUT2D eigenvalue weighted by Crippen LogP contribution is -2.46. The predicted molar refractivity (Wildman–Crippen MR) is 84.1 cm³/mol. The van der Waals surface area contributed by atoms with E-state index >= 15 is 0 Å². The Morgan fingerprint density at radius 1 is 1.38 bits per heavy atom. The minimum absolute atomic E-state index is 0.174. The Kier molecular flexibility index (Phi) is 4.33. The van der Waals surface area contributed by atoms with Gasteiger partial charge in [0, 0.05) is 19.3 Å². The van der Waals surface area contributed by atoms with Crippen molar-refractivity contribution in [3.05, 3.63) is 18.0 Å². The Morgan fingerprint density at radius 2 is 2.00 bits per heavy atom. The maximum Gasteiger partial charge on any atom is 0.268 e. The molecule has 0 aromatic carbocycles. The Bertz CT molecular complexity index is 510. The van der Waals surface area contributed by atoms with Gasteiger partial charge in [0.05, 0.1) is 11.3 Å². The van der Waals surface area contributed by atoms with Gasteiger partial charge < -0.3 is 20.7 Å². The fourth-order valence-corrected chi connectivity index (χ4v) is 2.89. The molecule has 1 amide bonds. The minimum atomic E-state index is -0.777. The number of hydrogen-bond donors (Lipinski definition) is 3. The van der Waals surface area contributed by atoms with E-state index in [0.29, 0.717) is 29.9 Å². The Balaban J connectivity index is 1.95. The van der Waals surface area contributed by atoms with Crippen molar-refractivity contribution in [1.82, 2.24) is 9.88 Å². The summed E-state index contributed by atoms with van der Waals surface area (Å²) >= 11 is 0. The average molecular weight is 293 g/mol. The Hall–Kier alpha value is -1.49. The molecule has 0 aliphatic heterocycles. The molecule has 0 bridgehead atoms. The molecule has 1 aliphatic rings.